The second-order valence-corrected chi connectivity index (χ2v) is 9.89. The summed E-state index contributed by atoms with van der Waals surface area (Å²) < 4.78 is 2.03. The van der Waals surface area contributed by atoms with Crippen molar-refractivity contribution in [2.24, 2.45) is 0 Å². The summed E-state index contributed by atoms with van der Waals surface area (Å²) in [6.07, 6.45) is 0.969. The maximum absolute atomic E-state index is 6.02. The SMILES string of the molecule is CCC(C)(C)n1nnnc1[C@H](c1cccs1)N1CCN(Cc2ccc(Cl)cc2)CC1. The number of hydrogen-bond donors (Lipinski definition) is 0. The van der Waals surface area contributed by atoms with E-state index in [9.17, 15) is 0 Å². The molecule has 160 valence electrons. The van der Waals surface area contributed by atoms with Gasteiger partial charge in [-0.05, 0) is 59.8 Å². The van der Waals surface area contributed by atoms with Crippen LogP contribution in [0.2, 0.25) is 5.02 Å². The number of rotatable bonds is 7. The molecule has 30 heavy (non-hydrogen) atoms. The Morgan fingerprint density at radius 2 is 1.83 bits per heavy atom. The molecule has 0 N–H and O–H groups in total. The second-order valence-electron chi connectivity index (χ2n) is 8.47. The van der Waals surface area contributed by atoms with Gasteiger partial charge in [0.1, 0.15) is 6.04 Å². The number of halogens is 1. The Kier molecular flexibility index (Phi) is 6.53. The second kappa shape index (κ2) is 9.14. The van der Waals surface area contributed by atoms with Gasteiger partial charge < -0.3 is 0 Å². The molecule has 1 aliphatic heterocycles. The number of aromatic nitrogens is 4. The predicted molar refractivity (Wildman–Crippen MR) is 122 cm³/mol. The maximum atomic E-state index is 6.02. The van der Waals surface area contributed by atoms with E-state index in [-0.39, 0.29) is 11.6 Å². The van der Waals surface area contributed by atoms with Crippen LogP contribution in [0.25, 0.3) is 0 Å². The fourth-order valence-corrected chi connectivity index (χ4v) is 4.87. The minimum atomic E-state index is -0.120. The molecule has 1 saturated heterocycles. The molecule has 8 heteroatoms. The van der Waals surface area contributed by atoms with Gasteiger partial charge in [-0.15, -0.1) is 16.4 Å². The Hall–Kier alpha value is -1.80. The Morgan fingerprint density at radius 1 is 1.10 bits per heavy atom. The lowest BCUT2D eigenvalue weighted by atomic mass is 10.0. The lowest BCUT2D eigenvalue weighted by Crippen LogP contribution is -2.48. The highest BCUT2D eigenvalue weighted by Crippen LogP contribution is 2.33. The van der Waals surface area contributed by atoms with E-state index < -0.39 is 0 Å². The first-order valence-electron chi connectivity index (χ1n) is 10.5. The summed E-state index contributed by atoms with van der Waals surface area (Å²) in [6, 6.07) is 12.6. The van der Waals surface area contributed by atoms with Crippen LogP contribution >= 0.6 is 22.9 Å². The molecule has 1 fully saturated rings. The van der Waals surface area contributed by atoms with Gasteiger partial charge in [-0.2, -0.15) is 0 Å². The van der Waals surface area contributed by atoms with E-state index in [1.807, 2.05) is 16.8 Å². The Labute approximate surface area is 187 Å². The quantitative estimate of drug-likeness (QED) is 0.539. The molecule has 0 bridgehead atoms. The third kappa shape index (κ3) is 4.59. The molecule has 6 nitrogen and oxygen atoms in total. The molecule has 4 rings (SSSR count). The normalized spacial score (nSPS) is 17.3. The average molecular weight is 445 g/mol. The molecule has 0 unspecified atom stereocenters. The van der Waals surface area contributed by atoms with Crippen LogP contribution in [0.3, 0.4) is 0 Å². The molecule has 3 aromatic rings. The van der Waals surface area contributed by atoms with E-state index in [2.05, 4.69) is 75.7 Å². The zero-order valence-corrected chi connectivity index (χ0v) is 19.4. The monoisotopic (exact) mass is 444 g/mol. The Morgan fingerprint density at radius 3 is 2.47 bits per heavy atom. The van der Waals surface area contributed by atoms with Crippen LogP contribution in [0, 0.1) is 0 Å². The van der Waals surface area contributed by atoms with Crippen molar-refractivity contribution in [1.29, 1.82) is 0 Å². The van der Waals surface area contributed by atoms with Gasteiger partial charge in [0.15, 0.2) is 5.82 Å². The van der Waals surface area contributed by atoms with Gasteiger partial charge >= 0.3 is 0 Å². The van der Waals surface area contributed by atoms with E-state index in [1.54, 1.807) is 11.3 Å². The largest absolute Gasteiger partial charge is 0.297 e. The Balaban J connectivity index is 1.52. The number of tetrazole rings is 1. The van der Waals surface area contributed by atoms with Gasteiger partial charge in [-0.25, -0.2) is 4.68 Å². The molecular weight excluding hydrogens is 416 g/mol. The molecule has 0 spiro atoms. The number of thiophene rings is 1. The number of benzene rings is 1. The first-order chi connectivity index (χ1) is 14.5. The Bertz CT molecular complexity index is 929. The summed E-state index contributed by atoms with van der Waals surface area (Å²) in [7, 11) is 0. The molecule has 0 aliphatic carbocycles. The minimum absolute atomic E-state index is 0.0866. The smallest absolute Gasteiger partial charge is 0.174 e. The number of nitrogens with zero attached hydrogens (tertiary/aromatic N) is 6. The molecule has 0 radical (unpaired) electrons. The van der Waals surface area contributed by atoms with Crippen LogP contribution < -0.4 is 0 Å². The first-order valence-corrected chi connectivity index (χ1v) is 11.8. The standard InChI is InChI=1S/C22H29ClN6S/c1-4-22(2,3)29-21(24-25-26-29)20(19-6-5-15-30-19)28-13-11-27(12-14-28)16-17-7-9-18(23)10-8-17/h5-10,15,20H,4,11-14,16H2,1-3H3/t20-/m0/s1. The van der Waals surface area contributed by atoms with Crippen molar-refractivity contribution in [3.63, 3.8) is 0 Å². The molecular formula is C22H29ClN6S. The molecule has 2 aromatic heterocycles. The zero-order chi connectivity index (χ0) is 21.1. The predicted octanol–water partition coefficient (Wildman–Crippen LogP) is 4.44. The van der Waals surface area contributed by atoms with E-state index >= 15 is 0 Å². The van der Waals surface area contributed by atoms with Gasteiger partial charge in [0, 0.05) is 42.6 Å². The van der Waals surface area contributed by atoms with Crippen LogP contribution in [0.5, 0.6) is 0 Å². The summed E-state index contributed by atoms with van der Waals surface area (Å²) in [5.41, 5.74) is 1.18. The highest BCUT2D eigenvalue weighted by atomic mass is 35.5. The van der Waals surface area contributed by atoms with Gasteiger partial charge in [0.2, 0.25) is 0 Å². The van der Waals surface area contributed by atoms with E-state index in [1.165, 1.54) is 10.4 Å². The molecule has 3 heterocycles. The average Bonchev–Trinajstić information content (AvgIpc) is 3.44. The van der Waals surface area contributed by atoms with E-state index in [0.29, 0.717) is 0 Å². The van der Waals surface area contributed by atoms with Gasteiger partial charge in [-0.3, -0.25) is 9.80 Å². The van der Waals surface area contributed by atoms with Gasteiger partial charge in [0.05, 0.1) is 5.54 Å². The molecule has 1 atom stereocenters. The molecule has 0 amide bonds. The van der Waals surface area contributed by atoms with Crippen molar-refractivity contribution in [3.05, 3.63) is 63.1 Å². The van der Waals surface area contributed by atoms with Crippen molar-refractivity contribution < 1.29 is 0 Å². The molecule has 1 aromatic carbocycles. The number of piperazine rings is 1. The first kappa shape index (κ1) is 21.4. The van der Waals surface area contributed by atoms with Crippen molar-refractivity contribution in [2.75, 3.05) is 26.2 Å². The summed E-state index contributed by atoms with van der Waals surface area (Å²) in [6.45, 7) is 11.5. The summed E-state index contributed by atoms with van der Waals surface area (Å²) in [5, 5.41) is 15.9. The fraction of sp³-hybridized carbons (Fsp3) is 0.500. The summed E-state index contributed by atoms with van der Waals surface area (Å²) in [5.74, 6) is 0.940. The van der Waals surface area contributed by atoms with E-state index in [4.69, 9.17) is 11.6 Å². The van der Waals surface area contributed by atoms with Crippen LogP contribution in [0.15, 0.2) is 41.8 Å². The van der Waals surface area contributed by atoms with Gasteiger partial charge in [0.25, 0.3) is 0 Å². The van der Waals surface area contributed by atoms with Crippen LogP contribution in [0.4, 0.5) is 0 Å². The maximum Gasteiger partial charge on any atom is 0.174 e. The third-order valence-corrected chi connectivity index (χ3v) is 7.26. The zero-order valence-electron chi connectivity index (χ0n) is 17.8. The van der Waals surface area contributed by atoms with Crippen molar-refractivity contribution in [3.8, 4) is 0 Å². The van der Waals surface area contributed by atoms with Crippen LogP contribution in [-0.4, -0.2) is 56.2 Å². The highest BCUT2D eigenvalue weighted by molar-refractivity contribution is 7.10. The molecule has 1 aliphatic rings. The van der Waals surface area contributed by atoms with Gasteiger partial charge in [-0.1, -0.05) is 36.7 Å². The molecule has 0 saturated carbocycles. The summed E-state index contributed by atoms with van der Waals surface area (Å²) in [4.78, 5) is 6.33. The fourth-order valence-electron chi connectivity index (χ4n) is 3.89. The highest BCUT2D eigenvalue weighted by Gasteiger charge is 2.34. The van der Waals surface area contributed by atoms with Crippen LogP contribution in [0.1, 0.15) is 49.5 Å². The third-order valence-electron chi connectivity index (χ3n) is 6.08. The lowest BCUT2D eigenvalue weighted by Gasteiger charge is -2.39. The van der Waals surface area contributed by atoms with E-state index in [0.717, 1.165) is 50.0 Å². The number of hydrogen-bond acceptors (Lipinski definition) is 6. The van der Waals surface area contributed by atoms with Crippen molar-refractivity contribution >= 4 is 22.9 Å². The van der Waals surface area contributed by atoms with Crippen molar-refractivity contribution in [1.82, 2.24) is 30.0 Å². The summed E-state index contributed by atoms with van der Waals surface area (Å²) >= 11 is 7.80. The lowest BCUT2D eigenvalue weighted by molar-refractivity contribution is 0.0984. The topological polar surface area (TPSA) is 50.1 Å². The minimum Gasteiger partial charge on any atom is -0.297 e. The van der Waals surface area contributed by atoms with Crippen LogP contribution in [-0.2, 0) is 12.1 Å². The van der Waals surface area contributed by atoms with Crippen molar-refractivity contribution in [2.45, 2.75) is 45.3 Å².